The van der Waals surface area contributed by atoms with Crippen LogP contribution in [0.5, 0.6) is 0 Å². The highest BCUT2D eigenvalue weighted by molar-refractivity contribution is 5.93. The summed E-state index contributed by atoms with van der Waals surface area (Å²) in [5.74, 6) is -2.49. The van der Waals surface area contributed by atoms with Crippen LogP contribution in [0.25, 0.3) is 10.9 Å². The van der Waals surface area contributed by atoms with Gasteiger partial charge in [0.25, 0.3) is 5.56 Å². The minimum Gasteiger partial charge on any atom is -0.347 e. The molecular weight excluding hydrogens is 378 g/mol. The van der Waals surface area contributed by atoms with Gasteiger partial charge < -0.3 is 10.3 Å². The molecule has 150 valence electrons. The molecule has 4 rings (SSSR count). The number of amides is 1. The van der Waals surface area contributed by atoms with Gasteiger partial charge in [0.15, 0.2) is 11.6 Å². The summed E-state index contributed by atoms with van der Waals surface area (Å²) in [6, 6.07) is 9.85. The number of pyridine rings is 2. The number of halogens is 2. The molecule has 1 aliphatic carbocycles. The third kappa shape index (κ3) is 3.14. The Balaban J connectivity index is 0.00000171. The largest absolute Gasteiger partial charge is 0.347 e. The van der Waals surface area contributed by atoms with E-state index >= 15 is 0 Å². The van der Waals surface area contributed by atoms with Gasteiger partial charge in [0.2, 0.25) is 5.91 Å². The zero-order valence-electron chi connectivity index (χ0n) is 15.4. The van der Waals surface area contributed by atoms with Gasteiger partial charge >= 0.3 is 0 Å². The average molecular weight is 398 g/mol. The molecule has 1 atom stereocenters. The van der Waals surface area contributed by atoms with Gasteiger partial charge in [-0.15, -0.1) is 0 Å². The van der Waals surface area contributed by atoms with Crippen molar-refractivity contribution in [1.29, 1.82) is 5.26 Å². The zero-order valence-corrected chi connectivity index (χ0v) is 15.4. The lowest BCUT2D eigenvalue weighted by atomic mass is 9.94. The number of benzene rings is 1. The minimum atomic E-state index is -1.10. The van der Waals surface area contributed by atoms with Gasteiger partial charge in [-0.25, -0.2) is 13.8 Å². The molecule has 1 amide bonds. The molecule has 2 aromatic heterocycles. The van der Waals surface area contributed by atoms with Gasteiger partial charge in [0, 0.05) is 13.8 Å². The molecule has 8 heteroatoms. The minimum absolute atomic E-state index is 0. The SMILES string of the molecule is C[C@@H](NC(=O)C1(c2cc3c(F)c(F)ccc3[nH]c2=O)CC1)c1cccc(C#N)n1.[HH].[HH]. The number of carbonyl (C=O) groups is 1. The topological polar surface area (TPSA) is 98.6 Å². The van der Waals surface area contributed by atoms with E-state index in [-0.39, 0.29) is 25.0 Å². The molecule has 0 unspecified atom stereocenters. The van der Waals surface area contributed by atoms with Crippen LogP contribution in [0, 0.1) is 23.0 Å². The van der Waals surface area contributed by atoms with E-state index in [4.69, 9.17) is 5.26 Å². The van der Waals surface area contributed by atoms with Crippen molar-refractivity contribution in [2.75, 3.05) is 0 Å². The fourth-order valence-electron chi connectivity index (χ4n) is 3.48. The summed E-state index contributed by atoms with van der Waals surface area (Å²) in [5.41, 5.74) is -0.588. The lowest BCUT2D eigenvalue weighted by Gasteiger charge is -2.20. The summed E-state index contributed by atoms with van der Waals surface area (Å²) in [5, 5.41) is 11.7. The first-order valence-electron chi connectivity index (χ1n) is 9.05. The zero-order chi connectivity index (χ0) is 20.8. The van der Waals surface area contributed by atoms with E-state index in [9.17, 15) is 18.4 Å². The number of nitrogens with one attached hydrogen (secondary N) is 2. The maximum atomic E-state index is 14.2. The second kappa shape index (κ2) is 6.78. The maximum absolute atomic E-state index is 14.2. The van der Waals surface area contributed by atoms with Crippen LogP contribution in [-0.4, -0.2) is 15.9 Å². The molecule has 1 aliphatic rings. The van der Waals surface area contributed by atoms with Crippen LogP contribution < -0.4 is 10.9 Å². The molecule has 6 nitrogen and oxygen atoms in total. The number of hydrogen-bond donors (Lipinski definition) is 2. The standard InChI is InChI=1S/C21H16F2N4O2.2H2/c1-11(16-4-2-3-12(10-24)26-16)25-20(29)21(7-8-21)14-9-13-17(27-19(14)28)6-5-15(22)18(13)23;;/h2-6,9,11H,7-8H2,1H3,(H,25,29)(H,27,28);2*1H/t11-;;/m1../s1. The molecule has 0 radical (unpaired) electrons. The number of aromatic nitrogens is 2. The molecule has 2 heterocycles. The van der Waals surface area contributed by atoms with E-state index in [0.717, 1.165) is 6.07 Å². The van der Waals surface area contributed by atoms with Crippen LogP contribution in [0.4, 0.5) is 8.78 Å². The van der Waals surface area contributed by atoms with Crippen molar-refractivity contribution in [2.45, 2.75) is 31.2 Å². The van der Waals surface area contributed by atoms with Crippen LogP contribution in [0.3, 0.4) is 0 Å². The molecule has 1 fully saturated rings. The van der Waals surface area contributed by atoms with Gasteiger partial charge in [-0.1, -0.05) is 6.07 Å². The van der Waals surface area contributed by atoms with Crippen molar-refractivity contribution in [3.8, 4) is 6.07 Å². The van der Waals surface area contributed by atoms with Gasteiger partial charge in [-0.05, 0) is 50.1 Å². The number of hydrogen-bond acceptors (Lipinski definition) is 4. The summed E-state index contributed by atoms with van der Waals surface area (Å²) in [6.45, 7) is 1.72. The second-order valence-electron chi connectivity index (χ2n) is 7.17. The number of nitriles is 1. The van der Waals surface area contributed by atoms with E-state index in [1.807, 2.05) is 6.07 Å². The molecule has 1 aromatic carbocycles. The molecule has 2 N–H and O–H groups in total. The number of rotatable bonds is 4. The number of fused-ring (bicyclic) bond motifs is 1. The summed E-state index contributed by atoms with van der Waals surface area (Å²) in [6.07, 6.45) is 0.839. The Morgan fingerprint density at radius 1 is 1.34 bits per heavy atom. The lowest BCUT2D eigenvalue weighted by molar-refractivity contribution is -0.124. The van der Waals surface area contributed by atoms with Gasteiger partial charge in [-0.2, -0.15) is 5.26 Å². The van der Waals surface area contributed by atoms with Crippen molar-refractivity contribution in [3.63, 3.8) is 0 Å². The van der Waals surface area contributed by atoms with E-state index in [1.165, 1.54) is 12.1 Å². The van der Waals surface area contributed by atoms with E-state index < -0.39 is 34.6 Å². The Morgan fingerprint density at radius 3 is 2.79 bits per heavy atom. The maximum Gasteiger partial charge on any atom is 0.252 e. The normalized spacial score (nSPS) is 15.5. The van der Waals surface area contributed by atoms with E-state index in [2.05, 4.69) is 15.3 Å². The van der Waals surface area contributed by atoms with Crippen LogP contribution in [0.1, 0.15) is 45.6 Å². The number of carbonyl (C=O) groups excluding carboxylic acids is 1. The Hall–Kier alpha value is -3.60. The fourth-order valence-corrected chi connectivity index (χ4v) is 3.48. The van der Waals surface area contributed by atoms with E-state index in [0.29, 0.717) is 18.5 Å². The highest BCUT2D eigenvalue weighted by atomic mass is 19.2. The Morgan fingerprint density at radius 2 is 2.10 bits per heavy atom. The lowest BCUT2D eigenvalue weighted by Crippen LogP contribution is -2.39. The predicted molar refractivity (Wildman–Crippen MR) is 105 cm³/mol. The molecular formula is C21H20F2N4O2. The monoisotopic (exact) mass is 398 g/mol. The van der Waals surface area contributed by atoms with Gasteiger partial charge in [-0.3, -0.25) is 9.59 Å². The first-order chi connectivity index (χ1) is 13.9. The van der Waals surface area contributed by atoms with Gasteiger partial charge in [0.05, 0.1) is 22.7 Å². The van der Waals surface area contributed by atoms with Crippen molar-refractivity contribution in [2.24, 2.45) is 0 Å². The Kier molecular flexibility index (Phi) is 4.38. The van der Waals surface area contributed by atoms with E-state index in [1.54, 1.807) is 25.1 Å². The molecule has 0 saturated heterocycles. The van der Waals surface area contributed by atoms with Crippen molar-refractivity contribution >= 4 is 16.8 Å². The number of nitrogens with zero attached hydrogens (tertiary/aromatic N) is 2. The molecule has 0 bridgehead atoms. The molecule has 29 heavy (non-hydrogen) atoms. The summed E-state index contributed by atoms with van der Waals surface area (Å²) in [7, 11) is 0. The van der Waals surface area contributed by atoms with Crippen molar-refractivity contribution < 1.29 is 16.4 Å². The van der Waals surface area contributed by atoms with Crippen LogP contribution >= 0.6 is 0 Å². The number of aromatic amines is 1. The predicted octanol–water partition coefficient (Wildman–Crippen LogP) is 3.47. The Bertz CT molecular complexity index is 1250. The quantitative estimate of drug-likeness (QED) is 0.703. The molecule has 0 spiro atoms. The summed E-state index contributed by atoms with van der Waals surface area (Å²) >= 11 is 0. The molecule has 1 saturated carbocycles. The van der Waals surface area contributed by atoms with Crippen LogP contribution in [0.15, 0.2) is 41.2 Å². The summed E-state index contributed by atoms with van der Waals surface area (Å²) in [4.78, 5) is 32.2. The second-order valence-corrected chi connectivity index (χ2v) is 7.17. The highest BCUT2D eigenvalue weighted by Gasteiger charge is 2.53. The third-order valence-electron chi connectivity index (χ3n) is 5.29. The van der Waals surface area contributed by atoms with Crippen LogP contribution in [0.2, 0.25) is 0 Å². The van der Waals surface area contributed by atoms with Crippen molar-refractivity contribution in [1.82, 2.24) is 15.3 Å². The van der Waals surface area contributed by atoms with Crippen LogP contribution in [-0.2, 0) is 10.2 Å². The first-order valence-corrected chi connectivity index (χ1v) is 9.05. The smallest absolute Gasteiger partial charge is 0.252 e. The van der Waals surface area contributed by atoms with Gasteiger partial charge in [0.1, 0.15) is 11.8 Å². The highest BCUT2D eigenvalue weighted by Crippen LogP contribution is 2.48. The molecule has 3 aromatic rings. The first kappa shape index (κ1) is 18.7. The summed E-state index contributed by atoms with van der Waals surface area (Å²) < 4.78 is 27.8. The molecule has 0 aliphatic heterocycles. The third-order valence-corrected chi connectivity index (χ3v) is 5.29. The number of H-pyrrole nitrogens is 1. The van der Waals surface area contributed by atoms with Crippen molar-refractivity contribution in [3.05, 3.63) is 75.3 Å². The average Bonchev–Trinajstić information content (AvgIpc) is 3.52. The Labute approximate surface area is 167 Å². The fraction of sp³-hybridized carbons (Fsp3) is 0.238.